The number of hydrogen-bond acceptors (Lipinski definition) is 2. The number of carboxylic acids is 1. The first-order valence-electron chi connectivity index (χ1n) is 4.97. The Labute approximate surface area is 83.8 Å². The topological polar surface area (TPSA) is 54.4 Å². The SMILES string of the molecule is C=CCC1(CC(=O)O)CCCCC1=O. The predicted molar refractivity (Wildman–Crippen MR) is 53.0 cm³/mol. The van der Waals surface area contributed by atoms with Crippen LogP contribution in [0.25, 0.3) is 0 Å². The van der Waals surface area contributed by atoms with Crippen molar-refractivity contribution in [2.24, 2.45) is 5.41 Å². The van der Waals surface area contributed by atoms with Crippen LogP contribution in [-0.4, -0.2) is 16.9 Å². The minimum absolute atomic E-state index is 0.0438. The van der Waals surface area contributed by atoms with Crippen molar-refractivity contribution in [3.8, 4) is 0 Å². The number of carbonyl (C=O) groups is 2. The van der Waals surface area contributed by atoms with Crippen LogP contribution in [0.1, 0.15) is 38.5 Å². The van der Waals surface area contributed by atoms with Crippen LogP contribution in [0.15, 0.2) is 12.7 Å². The molecule has 0 aromatic rings. The normalized spacial score (nSPS) is 27.3. The summed E-state index contributed by atoms with van der Waals surface area (Å²) in [5, 5.41) is 8.79. The van der Waals surface area contributed by atoms with Crippen LogP contribution in [0.2, 0.25) is 0 Å². The van der Waals surface area contributed by atoms with Crippen molar-refractivity contribution in [2.75, 3.05) is 0 Å². The summed E-state index contributed by atoms with van der Waals surface area (Å²) in [6.07, 6.45) is 5.19. The van der Waals surface area contributed by atoms with Gasteiger partial charge in [0.1, 0.15) is 5.78 Å². The highest BCUT2D eigenvalue weighted by Crippen LogP contribution is 2.39. The van der Waals surface area contributed by atoms with Crippen LogP contribution in [0, 0.1) is 5.41 Å². The van der Waals surface area contributed by atoms with Gasteiger partial charge in [-0.3, -0.25) is 9.59 Å². The molecule has 0 amide bonds. The second-order valence-electron chi connectivity index (χ2n) is 3.97. The molecule has 14 heavy (non-hydrogen) atoms. The number of ketones is 1. The monoisotopic (exact) mass is 196 g/mol. The van der Waals surface area contributed by atoms with Crippen molar-refractivity contribution in [2.45, 2.75) is 38.5 Å². The third kappa shape index (κ3) is 2.22. The van der Waals surface area contributed by atoms with E-state index >= 15 is 0 Å². The molecule has 1 unspecified atom stereocenters. The Morgan fingerprint density at radius 3 is 2.79 bits per heavy atom. The van der Waals surface area contributed by atoms with Gasteiger partial charge >= 0.3 is 5.97 Å². The molecule has 0 aliphatic heterocycles. The Bertz CT molecular complexity index is 257. The molecule has 3 nitrogen and oxygen atoms in total. The van der Waals surface area contributed by atoms with Gasteiger partial charge in [0.2, 0.25) is 0 Å². The number of carbonyl (C=O) groups excluding carboxylic acids is 1. The molecule has 0 bridgehead atoms. The lowest BCUT2D eigenvalue weighted by Gasteiger charge is -2.33. The van der Waals surface area contributed by atoms with Gasteiger partial charge in [0.25, 0.3) is 0 Å². The average Bonchev–Trinajstić information content (AvgIpc) is 2.09. The van der Waals surface area contributed by atoms with E-state index in [4.69, 9.17) is 5.11 Å². The number of hydrogen-bond donors (Lipinski definition) is 1. The van der Waals surface area contributed by atoms with E-state index in [0.717, 1.165) is 12.8 Å². The maximum atomic E-state index is 11.7. The summed E-state index contributed by atoms with van der Waals surface area (Å²) < 4.78 is 0. The number of allylic oxidation sites excluding steroid dienone is 1. The lowest BCUT2D eigenvalue weighted by atomic mass is 9.69. The van der Waals surface area contributed by atoms with Crippen LogP contribution >= 0.6 is 0 Å². The molecular formula is C11H16O3. The summed E-state index contributed by atoms with van der Waals surface area (Å²) in [5.41, 5.74) is -0.647. The molecule has 0 heterocycles. The van der Waals surface area contributed by atoms with Gasteiger partial charge in [0, 0.05) is 11.8 Å². The van der Waals surface area contributed by atoms with Gasteiger partial charge in [-0.15, -0.1) is 6.58 Å². The van der Waals surface area contributed by atoms with Crippen LogP contribution in [0.5, 0.6) is 0 Å². The Morgan fingerprint density at radius 2 is 2.29 bits per heavy atom. The molecule has 0 spiro atoms. The van der Waals surface area contributed by atoms with E-state index in [-0.39, 0.29) is 12.2 Å². The molecule has 78 valence electrons. The maximum Gasteiger partial charge on any atom is 0.304 e. The maximum absolute atomic E-state index is 11.7. The van der Waals surface area contributed by atoms with Crippen molar-refractivity contribution >= 4 is 11.8 Å². The molecule has 3 heteroatoms. The Morgan fingerprint density at radius 1 is 1.57 bits per heavy atom. The molecule has 1 N–H and O–H groups in total. The average molecular weight is 196 g/mol. The van der Waals surface area contributed by atoms with Gasteiger partial charge in [-0.2, -0.15) is 0 Å². The number of carboxylic acid groups (broad SMARTS) is 1. The molecule has 1 atom stereocenters. The van der Waals surface area contributed by atoms with Gasteiger partial charge in [0.15, 0.2) is 0 Å². The third-order valence-electron chi connectivity index (χ3n) is 2.93. The quantitative estimate of drug-likeness (QED) is 0.701. The fourth-order valence-electron chi connectivity index (χ4n) is 2.19. The first kappa shape index (κ1) is 11.0. The van der Waals surface area contributed by atoms with Crippen LogP contribution in [0.3, 0.4) is 0 Å². The first-order valence-corrected chi connectivity index (χ1v) is 4.97. The van der Waals surface area contributed by atoms with Crippen LogP contribution in [0.4, 0.5) is 0 Å². The van der Waals surface area contributed by atoms with Crippen LogP contribution in [-0.2, 0) is 9.59 Å². The summed E-state index contributed by atoms with van der Waals surface area (Å²) >= 11 is 0. The van der Waals surface area contributed by atoms with Gasteiger partial charge in [-0.05, 0) is 19.3 Å². The fraction of sp³-hybridized carbons (Fsp3) is 0.636. The second-order valence-corrected chi connectivity index (χ2v) is 3.97. The summed E-state index contributed by atoms with van der Waals surface area (Å²) in [5.74, 6) is -0.784. The lowest BCUT2D eigenvalue weighted by molar-refractivity contribution is -0.146. The minimum Gasteiger partial charge on any atom is -0.481 e. The van der Waals surface area contributed by atoms with Crippen molar-refractivity contribution in [3.63, 3.8) is 0 Å². The van der Waals surface area contributed by atoms with E-state index in [1.165, 1.54) is 0 Å². The highest BCUT2D eigenvalue weighted by molar-refractivity contribution is 5.89. The molecule has 0 aromatic carbocycles. The highest BCUT2D eigenvalue weighted by Gasteiger charge is 2.40. The molecular weight excluding hydrogens is 180 g/mol. The van der Waals surface area contributed by atoms with E-state index in [9.17, 15) is 9.59 Å². The van der Waals surface area contributed by atoms with Gasteiger partial charge in [-0.25, -0.2) is 0 Å². The van der Waals surface area contributed by atoms with Crippen molar-refractivity contribution in [1.29, 1.82) is 0 Å². The second kappa shape index (κ2) is 4.40. The van der Waals surface area contributed by atoms with Gasteiger partial charge < -0.3 is 5.11 Å². The van der Waals surface area contributed by atoms with E-state index in [0.29, 0.717) is 19.3 Å². The van der Waals surface area contributed by atoms with Crippen molar-refractivity contribution in [1.82, 2.24) is 0 Å². The molecule has 0 saturated heterocycles. The zero-order valence-corrected chi connectivity index (χ0v) is 8.29. The minimum atomic E-state index is -0.887. The molecule has 0 aromatic heterocycles. The molecule has 0 radical (unpaired) electrons. The van der Waals surface area contributed by atoms with E-state index in [1.54, 1.807) is 6.08 Å². The van der Waals surface area contributed by atoms with Gasteiger partial charge in [0.05, 0.1) is 6.42 Å². The fourth-order valence-corrected chi connectivity index (χ4v) is 2.19. The molecule has 1 fully saturated rings. The van der Waals surface area contributed by atoms with Crippen molar-refractivity contribution in [3.05, 3.63) is 12.7 Å². The smallest absolute Gasteiger partial charge is 0.304 e. The van der Waals surface area contributed by atoms with Gasteiger partial charge in [-0.1, -0.05) is 12.5 Å². The predicted octanol–water partition coefficient (Wildman–Crippen LogP) is 2.17. The van der Waals surface area contributed by atoms with Crippen LogP contribution < -0.4 is 0 Å². The van der Waals surface area contributed by atoms with E-state index < -0.39 is 11.4 Å². The summed E-state index contributed by atoms with van der Waals surface area (Å²) in [7, 11) is 0. The molecule has 1 saturated carbocycles. The number of aliphatic carboxylic acids is 1. The lowest BCUT2D eigenvalue weighted by Crippen LogP contribution is -2.36. The summed E-state index contributed by atoms with van der Waals surface area (Å²) in [6.45, 7) is 3.60. The number of rotatable bonds is 4. The third-order valence-corrected chi connectivity index (χ3v) is 2.93. The Kier molecular flexibility index (Phi) is 3.44. The van der Waals surface area contributed by atoms with E-state index in [2.05, 4.69) is 6.58 Å². The highest BCUT2D eigenvalue weighted by atomic mass is 16.4. The zero-order chi connectivity index (χ0) is 10.6. The Balaban J connectivity index is 2.82. The molecule has 1 aliphatic rings. The van der Waals surface area contributed by atoms with E-state index in [1.807, 2.05) is 0 Å². The standard InChI is InChI=1S/C11H16O3/c1-2-6-11(8-10(13)14)7-4-3-5-9(11)12/h2H,1,3-8H2,(H,13,14). The first-order chi connectivity index (χ1) is 6.60. The summed E-state index contributed by atoms with van der Waals surface area (Å²) in [4.78, 5) is 22.4. The largest absolute Gasteiger partial charge is 0.481 e. The summed E-state index contributed by atoms with van der Waals surface area (Å²) in [6, 6.07) is 0. The molecule has 1 rings (SSSR count). The molecule has 1 aliphatic carbocycles. The van der Waals surface area contributed by atoms with Crippen molar-refractivity contribution < 1.29 is 14.7 Å². The number of Topliss-reactive ketones (excluding diaryl/α,β-unsaturated/α-hetero) is 1. The zero-order valence-electron chi connectivity index (χ0n) is 8.29. The Hall–Kier alpha value is -1.12.